The molecule has 0 saturated carbocycles. The van der Waals surface area contributed by atoms with Crippen molar-refractivity contribution < 1.29 is 32.9 Å². The van der Waals surface area contributed by atoms with E-state index in [4.69, 9.17) is 19.3 Å². The minimum absolute atomic E-state index is 0.0163. The highest BCUT2D eigenvalue weighted by molar-refractivity contribution is 7.98. The number of rotatable bonds is 10. The molecule has 5 nitrogen and oxygen atoms in total. The number of benzene rings is 3. The molecule has 0 fully saturated rings. The number of fused-ring (bicyclic) bond motifs is 1. The predicted octanol–water partition coefficient (Wildman–Crippen LogP) is 6.77. The number of ether oxygens (including phenoxy) is 3. The van der Waals surface area contributed by atoms with Crippen LogP contribution in [0.25, 0.3) is 0 Å². The number of aryl methyl sites for hydroxylation is 1. The second-order valence-corrected chi connectivity index (χ2v) is 9.79. The van der Waals surface area contributed by atoms with E-state index in [0.29, 0.717) is 24.7 Å². The molecule has 190 valence electrons. The second-order valence-electron chi connectivity index (χ2n) is 8.77. The van der Waals surface area contributed by atoms with Crippen molar-refractivity contribution in [2.24, 2.45) is 0 Å². The summed E-state index contributed by atoms with van der Waals surface area (Å²) in [6, 6.07) is 15.9. The fourth-order valence-corrected chi connectivity index (χ4v) is 5.06. The normalized spacial score (nSPS) is 13.0. The van der Waals surface area contributed by atoms with Crippen molar-refractivity contribution in [3.63, 3.8) is 0 Å². The van der Waals surface area contributed by atoms with Gasteiger partial charge in [-0.2, -0.15) is 0 Å². The molecule has 1 aliphatic heterocycles. The van der Waals surface area contributed by atoms with Crippen LogP contribution in [-0.4, -0.2) is 24.3 Å². The number of hydrogen-bond donors (Lipinski definition) is 1. The Morgan fingerprint density at radius 3 is 2.44 bits per heavy atom. The molecule has 0 saturated heterocycles. The van der Waals surface area contributed by atoms with Crippen LogP contribution >= 0.6 is 11.8 Å². The van der Waals surface area contributed by atoms with Crippen LogP contribution < -0.4 is 14.2 Å². The van der Waals surface area contributed by atoms with Crippen LogP contribution in [0.3, 0.4) is 0 Å². The summed E-state index contributed by atoms with van der Waals surface area (Å²) in [7, 11) is 0. The van der Waals surface area contributed by atoms with Gasteiger partial charge in [0.1, 0.15) is 23.9 Å². The lowest BCUT2D eigenvalue weighted by molar-refractivity contribution is -0.139. The molecule has 0 bridgehead atoms. The monoisotopic (exact) mass is 514 g/mol. The van der Waals surface area contributed by atoms with E-state index in [1.54, 1.807) is 23.9 Å². The van der Waals surface area contributed by atoms with Crippen molar-refractivity contribution in [2.45, 2.75) is 49.9 Å². The summed E-state index contributed by atoms with van der Waals surface area (Å²) in [5, 5.41) is 8.99. The van der Waals surface area contributed by atoms with Crippen LogP contribution in [0.15, 0.2) is 59.5 Å². The molecule has 0 atom stereocenters. The third-order valence-electron chi connectivity index (χ3n) is 5.82. The van der Waals surface area contributed by atoms with E-state index in [9.17, 15) is 13.6 Å². The maximum absolute atomic E-state index is 13.4. The molecule has 0 aromatic heterocycles. The molecule has 0 amide bonds. The van der Waals surface area contributed by atoms with Gasteiger partial charge in [0.25, 0.3) is 5.92 Å². The number of carboxylic acid groups (broad SMARTS) is 1. The van der Waals surface area contributed by atoms with Gasteiger partial charge >= 0.3 is 5.97 Å². The first-order valence-electron chi connectivity index (χ1n) is 11.7. The van der Waals surface area contributed by atoms with E-state index in [1.165, 1.54) is 12.1 Å². The van der Waals surface area contributed by atoms with Gasteiger partial charge in [-0.05, 0) is 54.7 Å². The first-order chi connectivity index (χ1) is 17.2. The average Bonchev–Trinajstić information content (AvgIpc) is 2.86. The van der Waals surface area contributed by atoms with E-state index in [2.05, 4.69) is 0 Å². The summed E-state index contributed by atoms with van der Waals surface area (Å²) >= 11 is 1.66. The van der Waals surface area contributed by atoms with Crippen LogP contribution in [0, 0.1) is 6.92 Å². The largest absolute Gasteiger partial charge is 0.492 e. The molecule has 1 N–H and O–H groups in total. The summed E-state index contributed by atoms with van der Waals surface area (Å²) in [4.78, 5) is 12.0. The summed E-state index contributed by atoms with van der Waals surface area (Å²) in [5.74, 6) is -1.06. The van der Waals surface area contributed by atoms with E-state index in [1.807, 2.05) is 37.3 Å². The number of alkyl halides is 2. The minimum Gasteiger partial charge on any atom is -0.492 e. The van der Waals surface area contributed by atoms with Gasteiger partial charge < -0.3 is 19.3 Å². The number of thioether (sulfide) groups is 1. The van der Waals surface area contributed by atoms with Crippen molar-refractivity contribution in [1.82, 2.24) is 0 Å². The smallest absolute Gasteiger partial charge is 0.341 e. The molecule has 1 aliphatic rings. The number of carbonyl (C=O) groups is 1. The molecular weight excluding hydrogens is 486 g/mol. The zero-order valence-corrected chi connectivity index (χ0v) is 21.0. The van der Waals surface area contributed by atoms with Crippen LogP contribution in [0.1, 0.15) is 41.2 Å². The molecular formula is C28H28F2O5S. The first kappa shape index (κ1) is 25.8. The number of halogens is 2. The highest BCUT2D eigenvalue weighted by Crippen LogP contribution is 2.44. The summed E-state index contributed by atoms with van der Waals surface area (Å²) < 4.78 is 44.0. The second kappa shape index (κ2) is 11.2. The lowest BCUT2D eigenvalue weighted by Crippen LogP contribution is -2.15. The fourth-order valence-electron chi connectivity index (χ4n) is 3.97. The number of aliphatic carboxylic acids is 1. The van der Waals surface area contributed by atoms with Crippen LogP contribution in [0.4, 0.5) is 8.78 Å². The Bertz CT molecular complexity index is 1200. The zero-order valence-electron chi connectivity index (χ0n) is 20.2. The van der Waals surface area contributed by atoms with Gasteiger partial charge in [-0.25, -0.2) is 13.6 Å². The average molecular weight is 515 g/mol. The van der Waals surface area contributed by atoms with Crippen LogP contribution in [-0.2, 0) is 29.5 Å². The van der Waals surface area contributed by atoms with Gasteiger partial charge in [0.15, 0.2) is 6.61 Å². The van der Waals surface area contributed by atoms with Crippen molar-refractivity contribution >= 4 is 17.7 Å². The maximum Gasteiger partial charge on any atom is 0.341 e. The summed E-state index contributed by atoms with van der Waals surface area (Å²) in [6.45, 7) is 3.34. The van der Waals surface area contributed by atoms with Gasteiger partial charge in [-0.3, -0.25) is 0 Å². The van der Waals surface area contributed by atoms with Gasteiger partial charge in [0, 0.05) is 23.8 Å². The highest BCUT2D eigenvalue weighted by atomic mass is 32.2. The van der Waals surface area contributed by atoms with Gasteiger partial charge in [0.05, 0.1) is 11.5 Å². The van der Waals surface area contributed by atoms with Crippen molar-refractivity contribution in [3.8, 4) is 17.2 Å². The molecule has 8 heteroatoms. The quantitative estimate of drug-likeness (QED) is 0.301. The first-order valence-corrected chi connectivity index (χ1v) is 12.6. The lowest BCUT2D eigenvalue weighted by atomic mass is 10.0. The lowest BCUT2D eigenvalue weighted by Gasteiger charge is -2.24. The zero-order chi connectivity index (χ0) is 25.7. The topological polar surface area (TPSA) is 65.0 Å². The third kappa shape index (κ3) is 6.49. The Hall–Kier alpha value is -3.26. The SMILES string of the molecule is Cc1cc(SCc2ccc(OCc3ccc(C(C)(F)F)cc3)cc2)c2c(c1OCC(=O)O)CCCO2. The molecule has 1 heterocycles. The van der Waals surface area contributed by atoms with Gasteiger partial charge in [-0.15, -0.1) is 11.8 Å². The molecule has 3 aromatic carbocycles. The predicted molar refractivity (Wildman–Crippen MR) is 134 cm³/mol. The van der Waals surface area contributed by atoms with Gasteiger partial charge in [0.2, 0.25) is 0 Å². The van der Waals surface area contributed by atoms with Crippen molar-refractivity contribution in [1.29, 1.82) is 0 Å². The van der Waals surface area contributed by atoms with Crippen LogP contribution in [0.2, 0.25) is 0 Å². The Balaban J connectivity index is 1.37. The van der Waals surface area contributed by atoms with Crippen molar-refractivity contribution in [3.05, 3.63) is 82.4 Å². The Morgan fingerprint density at radius 2 is 1.78 bits per heavy atom. The molecule has 36 heavy (non-hydrogen) atoms. The molecule has 0 aliphatic carbocycles. The third-order valence-corrected chi connectivity index (χ3v) is 6.91. The Kier molecular flexibility index (Phi) is 8.04. The maximum atomic E-state index is 13.4. The number of carboxylic acids is 1. The minimum atomic E-state index is -2.85. The van der Waals surface area contributed by atoms with E-state index in [0.717, 1.165) is 58.4 Å². The fraction of sp³-hybridized carbons (Fsp3) is 0.321. The Morgan fingerprint density at radius 1 is 1.08 bits per heavy atom. The molecule has 0 unspecified atom stereocenters. The summed E-state index contributed by atoms with van der Waals surface area (Å²) in [6.07, 6.45) is 1.65. The standard InChI is InChI=1S/C28H28F2O5S/c1-18-14-24(27-23(4-3-13-33-27)26(18)35-16-25(31)32)36-17-20-7-11-22(12-8-20)34-15-19-5-9-21(10-6-19)28(2,29)30/h5-12,14H,3-4,13,15-17H2,1-2H3,(H,31,32). The highest BCUT2D eigenvalue weighted by Gasteiger charge is 2.24. The Labute approximate surface area is 213 Å². The van der Waals surface area contributed by atoms with Crippen molar-refractivity contribution in [2.75, 3.05) is 13.2 Å². The molecule has 0 radical (unpaired) electrons. The molecule has 4 rings (SSSR count). The van der Waals surface area contributed by atoms with Gasteiger partial charge in [-0.1, -0.05) is 36.4 Å². The van der Waals surface area contributed by atoms with E-state index < -0.39 is 11.9 Å². The molecule has 3 aromatic rings. The van der Waals surface area contributed by atoms with E-state index in [-0.39, 0.29) is 12.2 Å². The number of hydrogen-bond acceptors (Lipinski definition) is 5. The summed E-state index contributed by atoms with van der Waals surface area (Å²) in [5.41, 5.74) is 3.73. The van der Waals surface area contributed by atoms with E-state index >= 15 is 0 Å². The van der Waals surface area contributed by atoms with Crippen LogP contribution in [0.5, 0.6) is 17.2 Å². The molecule has 0 spiro atoms.